The van der Waals surface area contributed by atoms with Gasteiger partial charge in [0.1, 0.15) is 5.75 Å². The fourth-order valence-electron chi connectivity index (χ4n) is 2.54. The van der Waals surface area contributed by atoms with E-state index in [0.717, 1.165) is 5.39 Å². The predicted octanol–water partition coefficient (Wildman–Crippen LogP) is 3.53. The number of hydrogen-bond acceptors (Lipinski definition) is 4. The molecular formula is C19H17O5P. The van der Waals surface area contributed by atoms with Gasteiger partial charge in [-0.15, -0.1) is 0 Å². The van der Waals surface area contributed by atoms with Crippen molar-refractivity contribution in [3.63, 3.8) is 0 Å². The second kappa shape index (κ2) is 7.19. The highest BCUT2D eigenvalue weighted by Crippen LogP contribution is 2.49. The summed E-state index contributed by atoms with van der Waals surface area (Å²) in [5.41, 5.74) is 0.561. The summed E-state index contributed by atoms with van der Waals surface area (Å²) >= 11 is 0. The lowest BCUT2D eigenvalue weighted by Gasteiger charge is -2.17. The fourth-order valence-corrected chi connectivity index (χ4v) is 3.83. The lowest BCUT2D eigenvalue weighted by Crippen LogP contribution is -2.26. The molecule has 0 aliphatic rings. The minimum absolute atomic E-state index is 0.238. The average molecular weight is 356 g/mol. The first-order valence-electron chi connectivity index (χ1n) is 7.70. The maximum absolute atomic E-state index is 12.4. The van der Waals surface area contributed by atoms with Crippen molar-refractivity contribution in [3.05, 3.63) is 78.4 Å². The van der Waals surface area contributed by atoms with E-state index in [1.165, 1.54) is 0 Å². The minimum atomic E-state index is -4.18. The Hall–Kier alpha value is -2.46. The van der Waals surface area contributed by atoms with Crippen molar-refractivity contribution < 1.29 is 24.1 Å². The highest BCUT2D eigenvalue weighted by Gasteiger charge is 2.37. The van der Waals surface area contributed by atoms with Crippen LogP contribution in [0.3, 0.4) is 0 Å². The third-order valence-corrected chi connectivity index (χ3v) is 5.60. The van der Waals surface area contributed by atoms with Crippen molar-refractivity contribution in [3.8, 4) is 5.75 Å². The van der Waals surface area contributed by atoms with Gasteiger partial charge >= 0.3 is 5.97 Å². The summed E-state index contributed by atoms with van der Waals surface area (Å²) < 4.78 is 17.6. The van der Waals surface area contributed by atoms with Crippen LogP contribution >= 0.6 is 7.37 Å². The van der Waals surface area contributed by atoms with Crippen LogP contribution in [0, 0.1) is 0 Å². The van der Waals surface area contributed by atoms with Crippen LogP contribution in [0.25, 0.3) is 10.8 Å². The van der Waals surface area contributed by atoms with Crippen molar-refractivity contribution in [2.75, 3.05) is 0 Å². The Morgan fingerprint density at radius 2 is 1.60 bits per heavy atom. The zero-order valence-electron chi connectivity index (χ0n) is 13.3. The Labute approximate surface area is 145 Å². The van der Waals surface area contributed by atoms with Crippen LogP contribution in [0.1, 0.15) is 5.56 Å². The zero-order valence-corrected chi connectivity index (χ0v) is 14.2. The second-order valence-electron chi connectivity index (χ2n) is 5.67. The molecule has 2 N–H and O–H groups in total. The van der Waals surface area contributed by atoms with Crippen molar-refractivity contribution in [2.24, 2.45) is 0 Å². The summed E-state index contributed by atoms with van der Waals surface area (Å²) in [7, 11) is -4.18. The number of benzene rings is 3. The molecule has 3 aromatic carbocycles. The Morgan fingerprint density at radius 1 is 0.960 bits per heavy atom. The average Bonchev–Trinajstić information content (AvgIpc) is 2.62. The molecule has 2 unspecified atom stereocenters. The van der Waals surface area contributed by atoms with Gasteiger partial charge in [0.2, 0.25) is 13.2 Å². The number of carbonyl (C=O) groups excluding carboxylic acids is 1. The largest absolute Gasteiger partial charge is 0.424 e. The van der Waals surface area contributed by atoms with Gasteiger partial charge in [-0.1, -0.05) is 66.7 Å². The molecule has 0 radical (unpaired) electrons. The lowest BCUT2D eigenvalue weighted by atomic mass is 10.1. The SMILES string of the molecule is O=C(Oc1cccc2ccccc12)C(O)P(=O)(O)Cc1ccccc1. The molecular weight excluding hydrogens is 339 g/mol. The molecule has 0 spiro atoms. The van der Waals surface area contributed by atoms with Crippen LogP contribution in [-0.4, -0.2) is 21.8 Å². The molecule has 0 aliphatic heterocycles. The van der Waals surface area contributed by atoms with Crippen molar-refractivity contribution in [1.29, 1.82) is 0 Å². The van der Waals surface area contributed by atoms with E-state index in [4.69, 9.17) is 4.74 Å². The number of carbonyl (C=O) groups is 1. The van der Waals surface area contributed by atoms with Gasteiger partial charge in [-0.25, -0.2) is 4.79 Å². The standard InChI is InChI=1S/C19H17O5P/c20-18(19(21)25(22,23)13-14-7-2-1-3-8-14)24-17-12-6-10-15-9-4-5-11-16(15)17/h1-12,19,21H,13H2,(H,22,23). The quantitative estimate of drug-likeness (QED) is 0.415. The lowest BCUT2D eigenvalue weighted by molar-refractivity contribution is -0.139. The van der Waals surface area contributed by atoms with Gasteiger partial charge < -0.3 is 14.7 Å². The summed E-state index contributed by atoms with van der Waals surface area (Å²) in [6, 6.07) is 20.9. The Bertz CT molecular complexity index is 933. The van der Waals surface area contributed by atoms with Gasteiger partial charge in [0.15, 0.2) is 0 Å². The number of rotatable bonds is 5. The van der Waals surface area contributed by atoms with E-state index in [0.29, 0.717) is 10.9 Å². The first kappa shape index (κ1) is 17.4. The molecule has 0 fully saturated rings. The summed E-state index contributed by atoms with van der Waals surface area (Å²) in [4.78, 5) is 22.3. The molecule has 5 nitrogen and oxygen atoms in total. The Morgan fingerprint density at radius 3 is 2.36 bits per heavy atom. The number of aliphatic hydroxyl groups excluding tert-OH is 1. The van der Waals surface area contributed by atoms with E-state index in [1.54, 1.807) is 54.6 Å². The van der Waals surface area contributed by atoms with Crippen molar-refractivity contribution >= 4 is 24.1 Å². The van der Waals surface area contributed by atoms with E-state index in [9.17, 15) is 19.4 Å². The van der Waals surface area contributed by atoms with E-state index in [2.05, 4.69) is 0 Å². The Kier molecular flexibility index (Phi) is 5.00. The summed E-state index contributed by atoms with van der Waals surface area (Å²) in [5, 5.41) is 11.6. The molecule has 0 saturated heterocycles. The van der Waals surface area contributed by atoms with Gasteiger partial charge in [-0.3, -0.25) is 4.57 Å². The van der Waals surface area contributed by atoms with Gasteiger partial charge in [0.25, 0.3) is 0 Å². The van der Waals surface area contributed by atoms with Crippen LogP contribution in [0.5, 0.6) is 5.75 Å². The van der Waals surface area contributed by atoms with Crippen molar-refractivity contribution in [2.45, 2.75) is 12.0 Å². The van der Waals surface area contributed by atoms with E-state index in [-0.39, 0.29) is 11.9 Å². The molecule has 0 amide bonds. The third-order valence-electron chi connectivity index (χ3n) is 3.81. The highest BCUT2D eigenvalue weighted by atomic mass is 31.2. The maximum atomic E-state index is 12.4. The van der Waals surface area contributed by atoms with Gasteiger partial charge in [0, 0.05) is 5.39 Å². The highest BCUT2D eigenvalue weighted by molar-refractivity contribution is 7.58. The first-order chi connectivity index (χ1) is 12.0. The molecule has 25 heavy (non-hydrogen) atoms. The van der Waals surface area contributed by atoms with Crippen LogP contribution in [0.2, 0.25) is 0 Å². The van der Waals surface area contributed by atoms with Gasteiger partial charge in [-0.2, -0.15) is 0 Å². The third kappa shape index (κ3) is 3.97. The molecule has 3 rings (SSSR count). The van der Waals surface area contributed by atoms with Crippen molar-refractivity contribution in [1.82, 2.24) is 0 Å². The smallest absolute Gasteiger partial charge is 0.350 e. The van der Waals surface area contributed by atoms with E-state index in [1.807, 2.05) is 18.2 Å². The first-order valence-corrected chi connectivity index (χ1v) is 9.62. The van der Waals surface area contributed by atoms with Crippen LogP contribution < -0.4 is 4.74 Å². The number of hydrogen-bond donors (Lipinski definition) is 2. The second-order valence-corrected chi connectivity index (χ2v) is 7.99. The molecule has 128 valence electrons. The van der Waals surface area contributed by atoms with Crippen LogP contribution in [0.15, 0.2) is 72.8 Å². The van der Waals surface area contributed by atoms with E-state index < -0.39 is 19.2 Å². The topological polar surface area (TPSA) is 83.8 Å². The predicted molar refractivity (Wildman–Crippen MR) is 95.6 cm³/mol. The summed E-state index contributed by atoms with van der Waals surface area (Å²) in [6.07, 6.45) is -0.306. The molecule has 2 atom stereocenters. The summed E-state index contributed by atoms with van der Waals surface area (Å²) in [5.74, 6) is -3.01. The van der Waals surface area contributed by atoms with Crippen LogP contribution in [-0.2, 0) is 15.5 Å². The fraction of sp³-hybridized carbons (Fsp3) is 0.105. The molecule has 3 aromatic rings. The molecule has 6 heteroatoms. The molecule has 0 aromatic heterocycles. The number of esters is 1. The number of aliphatic hydroxyl groups is 1. The zero-order chi connectivity index (χ0) is 17.9. The summed E-state index contributed by atoms with van der Waals surface area (Å²) in [6.45, 7) is 0. The molecule has 0 heterocycles. The van der Waals surface area contributed by atoms with Gasteiger partial charge in [-0.05, 0) is 17.0 Å². The van der Waals surface area contributed by atoms with Gasteiger partial charge in [0.05, 0.1) is 6.16 Å². The molecule has 0 bridgehead atoms. The Balaban J connectivity index is 1.79. The normalized spacial score (nSPS) is 14.6. The molecule has 0 aliphatic carbocycles. The number of ether oxygens (including phenoxy) is 1. The van der Waals surface area contributed by atoms with Crippen LogP contribution in [0.4, 0.5) is 0 Å². The minimum Gasteiger partial charge on any atom is -0.424 e. The monoisotopic (exact) mass is 356 g/mol. The molecule has 0 saturated carbocycles. The maximum Gasteiger partial charge on any atom is 0.350 e. The van der Waals surface area contributed by atoms with E-state index >= 15 is 0 Å². The number of fused-ring (bicyclic) bond motifs is 1.